The van der Waals surface area contributed by atoms with E-state index in [1.165, 1.54) is 11.8 Å². The van der Waals surface area contributed by atoms with Gasteiger partial charge in [0.15, 0.2) is 0 Å². The molecule has 230 valence electrons. The fraction of sp³-hybridized carbons (Fsp3) is 0.143. The zero-order valence-electron chi connectivity index (χ0n) is 24.5. The highest BCUT2D eigenvalue weighted by atomic mass is 35.5. The third kappa shape index (κ3) is 10.7. The molecule has 0 fully saturated rings. The summed E-state index contributed by atoms with van der Waals surface area (Å²) in [4.78, 5) is 51.6. The van der Waals surface area contributed by atoms with Gasteiger partial charge < -0.3 is 20.7 Å². The third-order valence-corrected chi connectivity index (χ3v) is 7.55. The normalized spacial score (nSPS) is 10.9. The quantitative estimate of drug-likeness (QED) is 0.0605. The number of hydrogen-bond donors (Lipinski definition) is 3. The van der Waals surface area contributed by atoms with Gasteiger partial charge in [-0.15, -0.1) is 11.8 Å². The number of halogens is 1. The number of amides is 3. The molecule has 0 saturated carbocycles. The van der Waals surface area contributed by atoms with Crippen molar-refractivity contribution in [2.45, 2.75) is 24.7 Å². The second kappa shape index (κ2) is 16.8. The summed E-state index contributed by atoms with van der Waals surface area (Å²) in [5, 5.41) is 8.90. The maximum Gasteiger partial charge on any atom is 0.338 e. The lowest BCUT2D eigenvalue weighted by atomic mass is 10.1. The summed E-state index contributed by atoms with van der Waals surface area (Å²) < 4.78 is 5.21. The van der Waals surface area contributed by atoms with Crippen LogP contribution in [-0.2, 0) is 14.3 Å². The van der Waals surface area contributed by atoms with Crippen molar-refractivity contribution in [3.05, 3.63) is 131 Å². The lowest BCUT2D eigenvalue weighted by molar-refractivity contribution is -0.114. The summed E-state index contributed by atoms with van der Waals surface area (Å²) >= 11 is 7.30. The Morgan fingerprint density at radius 3 is 2.24 bits per heavy atom. The average Bonchev–Trinajstić information content (AvgIpc) is 3.05. The molecule has 0 unspecified atom stereocenters. The summed E-state index contributed by atoms with van der Waals surface area (Å²) in [6.45, 7) is 2.40. The van der Waals surface area contributed by atoms with Gasteiger partial charge in [-0.25, -0.2) is 4.79 Å². The minimum absolute atomic E-state index is 0.0452. The minimum atomic E-state index is -0.521. The number of carbonyl (C=O) groups excluding carboxylic acids is 4. The number of benzene rings is 4. The van der Waals surface area contributed by atoms with Crippen molar-refractivity contribution in [3.8, 4) is 0 Å². The minimum Gasteiger partial charge on any atom is -0.462 e. The monoisotopic (exact) mass is 641 g/mol. The second-order valence-corrected chi connectivity index (χ2v) is 11.3. The van der Waals surface area contributed by atoms with Crippen molar-refractivity contribution in [1.29, 1.82) is 0 Å². The standard InChI is InChI=1S/C35H32ClN3O5S/c1-2-3-20-44-35(43)26-14-18-28(19-15-26)37-32(40)23-45-30-11-7-10-29(22-30)38-34(42)31(21-24-12-16-27(36)17-13-24)39-33(41)25-8-5-4-6-9-25/h4-19,21-22H,2-3,20,23H2,1H3,(H,37,40)(H,38,42)(H,39,41)/b31-21-. The summed E-state index contributed by atoms with van der Waals surface area (Å²) in [5.41, 5.74) is 2.60. The van der Waals surface area contributed by atoms with Gasteiger partial charge in [-0.2, -0.15) is 0 Å². The molecule has 0 aliphatic heterocycles. The van der Waals surface area contributed by atoms with Crippen LogP contribution in [-0.4, -0.2) is 36.1 Å². The highest BCUT2D eigenvalue weighted by Gasteiger charge is 2.16. The lowest BCUT2D eigenvalue weighted by Gasteiger charge is -2.12. The highest BCUT2D eigenvalue weighted by molar-refractivity contribution is 8.00. The molecular formula is C35H32ClN3O5S. The van der Waals surface area contributed by atoms with Crippen molar-refractivity contribution in [3.63, 3.8) is 0 Å². The van der Waals surface area contributed by atoms with E-state index in [0.29, 0.717) is 39.7 Å². The van der Waals surface area contributed by atoms with Gasteiger partial charge >= 0.3 is 5.97 Å². The number of rotatable bonds is 13. The molecule has 0 radical (unpaired) electrons. The molecule has 4 aromatic rings. The van der Waals surface area contributed by atoms with Gasteiger partial charge in [0, 0.05) is 26.9 Å². The molecule has 4 aromatic carbocycles. The van der Waals surface area contributed by atoms with Crippen LogP contribution in [0.1, 0.15) is 46.0 Å². The number of thioether (sulfide) groups is 1. The van der Waals surface area contributed by atoms with E-state index in [-0.39, 0.29) is 17.4 Å². The van der Waals surface area contributed by atoms with Gasteiger partial charge in [0.25, 0.3) is 11.8 Å². The van der Waals surface area contributed by atoms with Gasteiger partial charge in [-0.05, 0) is 84.8 Å². The molecule has 10 heteroatoms. The van der Waals surface area contributed by atoms with Crippen LogP contribution in [0.3, 0.4) is 0 Å². The average molecular weight is 642 g/mol. The van der Waals surface area contributed by atoms with Crippen molar-refractivity contribution in [2.24, 2.45) is 0 Å². The van der Waals surface area contributed by atoms with Crippen LogP contribution in [0.15, 0.2) is 114 Å². The molecule has 4 rings (SSSR count). The number of esters is 1. The molecule has 0 aromatic heterocycles. The van der Waals surface area contributed by atoms with Crippen LogP contribution in [0.2, 0.25) is 5.02 Å². The van der Waals surface area contributed by atoms with Gasteiger partial charge in [-0.3, -0.25) is 14.4 Å². The van der Waals surface area contributed by atoms with E-state index in [2.05, 4.69) is 16.0 Å². The molecule has 45 heavy (non-hydrogen) atoms. The fourth-order valence-corrected chi connectivity index (χ4v) is 4.84. The Bertz CT molecular complexity index is 1660. The van der Waals surface area contributed by atoms with Crippen molar-refractivity contribution in [2.75, 3.05) is 23.0 Å². The maximum absolute atomic E-state index is 13.3. The number of anilines is 2. The van der Waals surface area contributed by atoms with Gasteiger partial charge in [0.2, 0.25) is 5.91 Å². The van der Waals surface area contributed by atoms with Crippen molar-refractivity contribution in [1.82, 2.24) is 5.32 Å². The third-order valence-electron chi connectivity index (χ3n) is 6.31. The Morgan fingerprint density at radius 1 is 0.800 bits per heavy atom. The van der Waals surface area contributed by atoms with Crippen LogP contribution in [0.25, 0.3) is 6.08 Å². The zero-order valence-corrected chi connectivity index (χ0v) is 26.1. The number of unbranched alkanes of at least 4 members (excludes halogenated alkanes) is 1. The first kappa shape index (κ1) is 33.0. The van der Waals surface area contributed by atoms with E-state index in [1.54, 1.807) is 103 Å². The van der Waals surface area contributed by atoms with Gasteiger partial charge in [0.1, 0.15) is 5.70 Å². The Kier molecular flexibility index (Phi) is 12.4. The van der Waals surface area contributed by atoms with Crippen LogP contribution < -0.4 is 16.0 Å². The van der Waals surface area contributed by atoms with Gasteiger partial charge in [-0.1, -0.05) is 61.3 Å². The molecule has 0 atom stereocenters. The second-order valence-electron chi connectivity index (χ2n) is 9.82. The summed E-state index contributed by atoms with van der Waals surface area (Å²) in [5.74, 6) is -1.46. The Labute approximate surface area is 271 Å². The number of carbonyl (C=O) groups is 4. The summed E-state index contributed by atoms with van der Waals surface area (Å²) in [7, 11) is 0. The molecule has 0 saturated heterocycles. The van der Waals surface area contributed by atoms with Crippen LogP contribution in [0, 0.1) is 0 Å². The molecular weight excluding hydrogens is 610 g/mol. The highest BCUT2D eigenvalue weighted by Crippen LogP contribution is 2.23. The largest absolute Gasteiger partial charge is 0.462 e. The van der Waals surface area contributed by atoms with E-state index in [1.807, 2.05) is 13.0 Å². The smallest absolute Gasteiger partial charge is 0.338 e. The molecule has 3 N–H and O–H groups in total. The molecule has 0 heterocycles. The van der Waals surface area contributed by atoms with Crippen LogP contribution in [0.4, 0.5) is 11.4 Å². The lowest BCUT2D eigenvalue weighted by Crippen LogP contribution is -2.30. The predicted molar refractivity (Wildman–Crippen MR) is 179 cm³/mol. The molecule has 0 aliphatic carbocycles. The Hall–Kier alpha value is -4.86. The molecule has 8 nitrogen and oxygen atoms in total. The first-order valence-corrected chi connectivity index (χ1v) is 15.6. The maximum atomic E-state index is 13.3. The Morgan fingerprint density at radius 2 is 1.53 bits per heavy atom. The first-order chi connectivity index (χ1) is 21.8. The molecule has 0 bridgehead atoms. The van der Waals surface area contributed by atoms with E-state index >= 15 is 0 Å². The molecule has 0 spiro atoms. The fourth-order valence-electron chi connectivity index (χ4n) is 3.96. The number of hydrogen-bond acceptors (Lipinski definition) is 6. The first-order valence-electron chi connectivity index (χ1n) is 14.3. The number of ether oxygens (including phenoxy) is 1. The summed E-state index contributed by atoms with van der Waals surface area (Å²) in [6.07, 6.45) is 3.31. The van der Waals surface area contributed by atoms with E-state index < -0.39 is 17.8 Å². The van der Waals surface area contributed by atoms with Gasteiger partial charge in [0.05, 0.1) is 17.9 Å². The van der Waals surface area contributed by atoms with Crippen LogP contribution in [0.5, 0.6) is 0 Å². The number of nitrogens with one attached hydrogen (secondary N) is 3. The van der Waals surface area contributed by atoms with E-state index in [4.69, 9.17) is 16.3 Å². The topological polar surface area (TPSA) is 114 Å². The van der Waals surface area contributed by atoms with E-state index in [0.717, 1.165) is 17.7 Å². The van der Waals surface area contributed by atoms with Crippen LogP contribution >= 0.6 is 23.4 Å². The van der Waals surface area contributed by atoms with E-state index in [9.17, 15) is 19.2 Å². The molecule has 3 amide bonds. The molecule has 0 aliphatic rings. The summed E-state index contributed by atoms with van der Waals surface area (Å²) in [6, 6.07) is 29.0. The van der Waals surface area contributed by atoms with Crippen molar-refractivity contribution < 1.29 is 23.9 Å². The Balaban J connectivity index is 1.36. The zero-order chi connectivity index (χ0) is 32.0. The SMILES string of the molecule is CCCCOC(=O)c1ccc(NC(=O)CSc2cccc(NC(=O)/C(=C/c3ccc(Cl)cc3)NC(=O)c3ccccc3)c2)cc1. The predicted octanol–water partition coefficient (Wildman–Crippen LogP) is 7.44. The van der Waals surface area contributed by atoms with Crippen molar-refractivity contribution >= 4 is 64.5 Å².